The van der Waals surface area contributed by atoms with Gasteiger partial charge in [0.1, 0.15) is 23.0 Å². The highest BCUT2D eigenvalue weighted by molar-refractivity contribution is 6.31. The highest BCUT2D eigenvalue weighted by Gasteiger charge is 2.25. The Bertz CT molecular complexity index is 1110. The van der Waals surface area contributed by atoms with Crippen molar-refractivity contribution in [1.82, 2.24) is 14.9 Å². The van der Waals surface area contributed by atoms with E-state index < -0.39 is 5.97 Å². The number of nitrogens with zero attached hydrogens (tertiary/aromatic N) is 3. The Kier molecular flexibility index (Phi) is 6.96. The summed E-state index contributed by atoms with van der Waals surface area (Å²) >= 11 is 6.32. The molecule has 1 aliphatic heterocycles. The average molecular weight is 457 g/mol. The third-order valence-electron chi connectivity index (χ3n) is 5.94. The number of rotatable bonds is 7. The van der Waals surface area contributed by atoms with Crippen molar-refractivity contribution < 1.29 is 13.9 Å². The lowest BCUT2D eigenvalue weighted by atomic mass is 9.96. The number of fused-ring (bicyclic) bond motifs is 1. The van der Waals surface area contributed by atoms with Gasteiger partial charge in [-0.3, -0.25) is 4.90 Å². The van der Waals surface area contributed by atoms with Crippen LogP contribution in [-0.4, -0.2) is 47.1 Å². The zero-order valence-electron chi connectivity index (χ0n) is 18.8. The van der Waals surface area contributed by atoms with Crippen molar-refractivity contribution in [3.8, 4) is 0 Å². The van der Waals surface area contributed by atoms with Crippen LogP contribution < -0.4 is 5.32 Å². The maximum absolute atomic E-state index is 12.5. The summed E-state index contributed by atoms with van der Waals surface area (Å²) in [5.74, 6) is 1.83. The maximum Gasteiger partial charge on any atom is 0.342 e. The smallest absolute Gasteiger partial charge is 0.342 e. The van der Waals surface area contributed by atoms with E-state index in [9.17, 15) is 4.79 Å². The highest BCUT2D eigenvalue weighted by atomic mass is 35.5. The van der Waals surface area contributed by atoms with Crippen LogP contribution in [0.25, 0.3) is 11.1 Å². The summed E-state index contributed by atoms with van der Waals surface area (Å²) in [4.78, 5) is 23.9. The molecular formula is C24H29ClN4O3. The van der Waals surface area contributed by atoms with Crippen LogP contribution in [-0.2, 0) is 11.3 Å². The molecule has 32 heavy (non-hydrogen) atoms. The van der Waals surface area contributed by atoms with Crippen LogP contribution >= 0.6 is 11.6 Å². The van der Waals surface area contributed by atoms with Crippen molar-refractivity contribution in [3.63, 3.8) is 0 Å². The first-order chi connectivity index (χ1) is 15.5. The number of aromatic nitrogens is 2. The molecule has 1 aromatic carbocycles. The summed E-state index contributed by atoms with van der Waals surface area (Å²) < 4.78 is 11.0. The van der Waals surface area contributed by atoms with E-state index in [-0.39, 0.29) is 0 Å². The quantitative estimate of drug-likeness (QED) is 0.501. The van der Waals surface area contributed by atoms with E-state index in [1.54, 1.807) is 13.8 Å². The third kappa shape index (κ3) is 4.89. The number of carbonyl (C=O) groups excluding carboxylic acids is 1. The number of likely N-dealkylation sites (tertiary alicyclic amines) is 1. The summed E-state index contributed by atoms with van der Waals surface area (Å²) in [6.07, 6.45) is 2.17. The van der Waals surface area contributed by atoms with Gasteiger partial charge in [-0.15, -0.1) is 0 Å². The lowest BCUT2D eigenvalue weighted by molar-refractivity contribution is 0.0526. The molecule has 0 aliphatic carbocycles. The summed E-state index contributed by atoms with van der Waals surface area (Å²) in [5.41, 5.74) is 1.99. The van der Waals surface area contributed by atoms with E-state index in [0.717, 1.165) is 44.0 Å². The fraction of sp³-hybridized carbons (Fsp3) is 0.458. The first-order valence-corrected chi connectivity index (χ1v) is 11.5. The molecule has 1 aliphatic rings. The Morgan fingerprint density at radius 3 is 2.72 bits per heavy atom. The van der Waals surface area contributed by atoms with Crippen LogP contribution in [0.5, 0.6) is 0 Å². The van der Waals surface area contributed by atoms with E-state index in [4.69, 9.17) is 20.8 Å². The predicted molar refractivity (Wildman–Crippen MR) is 125 cm³/mol. The van der Waals surface area contributed by atoms with Gasteiger partial charge in [-0.05, 0) is 64.3 Å². The Balaban J connectivity index is 1.42. The summed E-state index contributed by atoms with van der Waals surface area (Å²) in [6.45, 7) is 9.35. The number of nitrogens with one attached hydrogen (secondary N) is 1. The summed E-state index contributed by atoms with van der Waals surface area (Å²) in [5, 5.41) is 4.89. The predicted octanol–water partition coefficient (Wildman–Crippen LogP) is 4.99. The minimum Gasteiger partial charge on any atom is -0.462 e. The van der Waals surface area contributed by atoms with Gasteiger partial charge < -0.3 is 14.5 Å². The van der Waals surface area contributed by atoms with Crippen molar-refractivity contribution in [3.05, 3.63) is 52.0 Å². The van der Waals surface area contributed by atoms with Gasteiger partial charge >= 0.3 is 5.97 Å². The molecule has 3 heterocycles. The minimum atomic E-state index is -0.410. The Labute approximate surface area is 193 Å². The fourth-order valence-electron chi connectivity index (χ4n) is 4.25. The Morgan fingerprint density at radius 1 is 1.25 bits per heavy atom. The molecule has 0 unspecified atom stereocenters. The third-order valence-corrected chi connectivity index (χ3v) is 6.30. The van der Waals surface area contributed by atoms with E-state index in [1.807, 2.05) is 25.1 Å². The topological polar surface area (TPSA) is 80.5 Å². The number of esters is 1. The molecule has 1 N–H and O–H groups in total. The lowest BCUT2D eigenvalue weighted by Crippen LogP contribution is -2.35. The first-order valence-electron chi connectivity index (χ1n) is 11.1. The van der Waals surface area contributed by atoms with Gasteiger partial charge in [0.25, 0.3) is 0 Å². The van der Waals surface area contributed by atoms with E-state index >= 15 is 0 Å². The molecule has 3 aromatic rings. The van der Waals surface area contributed by atoms with Gasteiger partial charge in [0.2, 0.25) is 5.71 Å². The van der Waals surface area contributed by atoms with Gasteiger partial charge in [0.15, 0.2) is 0 Å². The van der Waals surface area contributed by atoms with Crippen LogP contribution in [0.2, 0.25) is 5.02 Å². The van der Waals surface area contributed by atoms with Crippen LogP contribution in [0.4, 0.5) is 5.82 Å². The summed E-state index contributed by atoms with van der Waals surface area (Å²) in [6, 6.07) is 8.03. The molecule has 0 saturated carbocycles. The van der Waals surface area contributed by atoms with Crippen LogP contribution in [0.1, 0.15) is 47.3 Å². The molecule has 0 amide bonds. The standard InChI is InChI=1S/C24H29ClN4O3/c1-4-31-24(30)20-15(2)32-23-21(20)22(27-16(3)28-23)26-13-17-9-11-29(12-10-17)14-18-7-5-6-8-19(18)25/h5-8,17H,4,9-14H2,1-3H3,(H,26,27,28). The molecule has 0 radical (unpaired) electrons. The molecular weight excluding hydrogens is 428 g/mol. The molecule has 8 heteroatoms. The summed E-state index contributed by atoms with van der Waals surface area (Å²) in [7, 11) is 0. The van der Waals surface area contributed by atoms with Crippen molar-refractivity contribution in [2.24, 2.45) is 5.92 Å². The van der Waals surface area contributed by atoms with Gasteiger partial charge in [0, 0.05) is 18.1 Å². The molecule has 0 atom stereocenters. The SMILES string of the molecule is CCOC(=O)c1c(C)oc2nc(C)nc(NCC3CCN(Cc4ccccc4Cl)CC3)c12. The fourth-order valence-corrected chi connectivity index (χ4v) is 4.45. The van der Waals surface area contributed by atoms with Crippen LogP contribution in [0, 0.1) is 19.8 Å². The maximum atomic E-state index is 12.5. The minimum absolute atomic E-state index is 0.299. The highest BCUT2D eigenvalue weighted by Crippen LogP contribution is 2.31. The van der Waals surface area contributed by atoms with E-state index in [2.05, 4.69) is 26.3 Å². The Hall–Kier alpha value is -2.64. The number of aryl methyl sites for hydroxylation is 2. The number of hydrogen-bond donors (Lipinski definition) is 1. The van der Waals surface area contributed by atoms with Crippen molar-refractivity contribution >= 4 is 34.5 Å². The zero-order chi connectivity index (χ0) is 22.7. The molecule has 4 rings (SSSR count). The van der Waals surface area contributed by atoms with Crippen molar-refractivity contribution in [1.29, 1.82) is 0 Å². The Morgan fingerprint density at radius 2 is 2.00 bits per heavy atom. The molecule has 1 saturated heterocycles. The van der Waals surface area contributed by atoms with Gasteiger partial charge in [-0.25, -0.2) is 9.78 Å². The van der Waals surface area contributed by atoms with Gasteiger partial charge in [-0.2, -0.15) is 4.98 Å². The second-order valence-corrected chi connectivity index (χ2v) is 8.65. The first kappa shape index (κ1) is 22.6. The van der Waals surface area contributed by atoms with E-state index in [0.29, 0.717) is 46.6 Å². The number of halogens is 1. The second-order valence-electron chi connectivity index (χ2n) is 8.25. The van der Waals surface area contributed by atoms with Crippen molar-refractivity contribution in [2.75, 3.05) is 31.6 Å². The number of furan rings is 1. The molecule has 170 valence electrons. The molecule has 2 aromatic heterocycles. The lowest BCUT2D eigenvalue weighted by Gasteiger charge is -2.32. The van der Waals surface area contributed by atoms with Gasteiger partial charge in [-0.1, -0.05) is 29.8 Å². The zero-order valence-corrected chi connectivity index (χ0v) is 19.5. The normalized spacial score (nSPS) is 15.2. The van der Waals surface area contributed by atoms with E-state index in [1.165, 1.54) is 5.56 Å². The van der Waals surface area contributed by atoms with Crippen molar-refractivity contribution in [2.45, 2.75) is 40.2 Å². The number of anilines is 1. The van der Waals surface area contributed by atoms with Crippen LogP contribution in [0.3, 0.4) is 0 Å². The molecule has 0 spiro atoms. The number of carbonyl (C=O) groups is 1. The number of ether oxygens (including phenoxy) is 1. The van der Waals surface area contributed by atoms with Gasteiger partial charge in [0.05, 0.1) is 12.0 Å². The molecule has 7 nitrogen and oxygen atoms in total. The largest absolute Gasteiger partial charge is 0.462 e. The number of benzene rings is 1. The van der Waals surface area contributed by atoms with Crippen LogP contribution in [0.15, 0.2) is 28.7 Å². The average Bonchev–Trinajstić information content (AvgIpc) is 3.10. The molecule has 0 bridgehead atoms. The molecule has 1 fully saturated rings. The number of piperidine rings is 1. The second kappa shape index (κ2) is 9.88. The monoisotopic (exact) mass is 456 g/mol. The number of hydrogen-bond acceptors (Lipinski definition) is 7.